The highest BCUT2D eigenvalue weighted by Crippen LogP contribution is 2.24. The molecule has 5 nitrogen and oxygen atoms in total. The third-order valence-corrected chi connectivity index (χ3v) is 4.96. The maximum atomic E-state index is 12.4. The Bertz CT molecular complexity index is 931. The third kappa shape index (κ3) is 5.01. The lowest BCUT2D eigenvalue weighted by Gasteiger charge is -2.06. The third-order valence-electron chi connectivity index (χ3n) is 4.07. The second-order valence-corrected chi connectivity index (χ2v) is 7.01. The zero-order valence-electron chi connectivity index (χ0n) is 15.3. The molecule has 0 atom stereocenters. The zero-order chi connectivity index (χ0) is 19.2. The Hall–Kier alpha value is -2.99. The SMILES string of the molecule is CCc1ccc(-c2nc(C(=O)NCc3ccc(NC(C)=O)cc3)cs2)cc1. The summed E-state index contributed by atoms with van der Waals surface area (Å²) in [5.41, 5.74) is 4.39. The lowest BCUT2D eigenvalue weighted by atomic mass is 10.1. The number of carbonyl (C=O) groups is 2. The topological polar surface area (TPSA) is 71.1 Å². The first kappa shape index (κ1) is 18.8. The molecule has 0 fully saturated rings. The molecule has 2 N–H and O–H groups in total. The van der Waals surface area contributed by atoms with Crippen molar-refractivity contribution in [2.75, 3.05) is 5.32 Å². The Balaban J connectivity index is 1.59. The Morgan fingerprint density at radius 2 is 1.67 bits per heavy atom. The van der Waals surface area contributed by atoms with Crippen molar-refractivity contribution in [1.29, 1.82) is 0 Å². The maximum absolute atomic E-state index is 12.4. The normalized spacial score (nSPS) is 10.4. The fourth-order valence-corrected chi connectivity index (χ4v) is 3.38. The summed E-state index contributed by atoms with van der Waals surface area (Å²) in [5, 5.41) is 8.20. The van der Waals surface area contributed by atoms with Crippen LogP contribution >= 0.6 is 11.3 Å². The first-order valence-electron chi connectivity index (χ1n) is 8.74. The second kappa shape index (κ2) is 8.60. The number of thiazole rings is 1. The molecule has 2 aromatic carbocycles. The number of nitrogens with zero attached hydrogens (tertiary/aromatic N) is 1. The van der Waals surface area contributed by atoms with Gasteiger partial charge in [-0.25, -0.2) is 4.98 Å². The monoisotopic (exact) mass is 379 g/mol. The molecule has 0 unspecified atom stereocenters. The van der Waals surface area contributed by atoms with Gasteiger partial charge in [0, 0.05) is 30.1 Å². The minimum atomic E-state index is -0.200. The highest BCUT2D eigenvalue weighted by Gasteiger charge is 2.11. The van der Waals surface area contributed by atoms with Crippen molar-refractivity contribution in [3.8, 4) is 10.6 Å². The van der Waals surface area contributed by atoms with Crippen LogP contribution in [0.4, 0.5) is 5.69 Å². The molecule has 6 heteroatoms. The van der Waals surface area contributed by atoms with Crippen LogP contribution in [0, 0.1) is 0 Å². The molecule has 0 aliphatic heterocycles. The van der Waals surface area contributed by atoms with Gasteiger partial charge in [-0.2, -0.15) is 0 Å². The largest absolute Gasteiger partial charge is 0.347 e. The van der Waals surface area contributed by atoms with Gasteiger partial charge in [-0.1, -0.05) is 43.3 Å². The van der Waals surface area contributed by atoms with Crippen molar-refractivity contribution in [3.63, 3.8) is 0 Å². The number of aryl methyl sites for hydroxylation is 1. The van der Waals surface area contributed by atoms with Crippen LogP contribution in [-0.4, -0.2) is 16.8 Å². The molecule has 0 aliphatic rings. The van der Waals surface area contributed by atoms with Crippen LogP contribution < -0.4 is 10.6 Å². The van der Waals surface area contributed by atoms with Crippen molar-refractivity contribution in [2.45, 2.75) is 26.8 Å². The predicted octanol–water partition coefficient (Wildman–Crippen LogP) is 4.26. The lowest BCUT2D eigenvalue weighted by Crippen LogP contribution is -2.23. The summed E-state index contributed by atoms with van der Waals surface area (Å²) in [6, 6.07) is 15.6. The van der Waals surface area contributed by atoms with Crippen LogP contribution in [0.1, 0.15) is 35.5 Å². The van der Waals surface area contributed by atoms with Gasteiger partial charge in [-0.15, -0.1) is 11.3 Å². The number of benzene rings is 2. The van der Waals surface area contributed by atoms with Crippen molar-refractivity contribution in [2.24, 2.45) is 0 Å². The quantitative estimate of drug-likeness (QED) is 0.672. The number of nitrogens with one attached hydrogen (secondary N) is 2. The van der Waals surface area contributed by atoms with Gasteiger partial charge in [-0.05, 0) is 29.7 Å². The van der Waals surface area contributed by atoms with E-state index in [-0.39, 0.29) is 11.8 Å². The summed E-state index contributed by atoms with van der Waals surface area (Å²) in [4.78, 5) is 27.8. The number of aromatic nitrogens is 1. The molecular formula is C21H21N3O2S. The molecule has 0 bridgehead atoms. The number of amides is 2. The minimum absolute atomic E-state index is 0.111. The van der Waals surface area contributed by atoms with Crippen molar-refractivity contribution in [1.82, 2.24) is 10.3 Å². The van der Waals surface area contributed by atoms with E-state index in [2.05, 4.69) is 34.7 Å². The highest BCUT2D eigenvalue weighted by molar-refractivity contribution is 7.13. The van der Waals surface area contributed by atoms with E-state index in [9.17, 15) is 9.59 Å². The average molecular weight is 379 g/mol. The van der Waals surface area contributed by atoms with Gasteiger partial charge >= 0.3 is 0 Å². The summed E-state index contributed by atoms with van der Waals surface area (Å²) in [5.74, 6) is -0.312. The minimum Gasteiger partial charge on any atom is -0.347 e. The molecule has 138 valence electrons. The fourth-order valence-electron chi connectivity index (χ4n) is 2.58. The molecule has 1 aromatic heterocycles. The van der Waals surface area contributed by atoms with Crippen LogP contribution in [0.15, 0.2) is 53.9 Å². The van der Waals surface area contributed by atoms with Gasteiger partial charge in [0.2, 0.25) is 5.91 Å². The van der Waals surface area contributed by atoms with E-state index in [0.29, 0.717) is 12.2 Å². The Morgan fingerprint density at radius 1 is 1.00 bits per heavy atom. The number of anilines is 1. The summed E-state index contributed by atoms with van der Waals surface area (Å²) in [6.07, 6.45) is 0.998. The standard InChI is InChI=1S/C21H21N3O2S/c1-3-15-4-8-17(9-5-15)21-24-19(13-27-21)20(26)22-12-16-6-10-18(11-7-16)23-14(2)25/h4-11,13H,3,12H2,1-2H3,(H,22,26)(H,23,25). The molecule has 0 saturated carbocycles. The summed E-state index contributed by atoms with van der Waals surface area (Å²) in [6.45, 7) is 3.99. The van der Waals surface area contributed by atoms with Crippen molar-refractivity contribution in [3.05, 3.63) is 70.7 Å². The van der Waals surface area contributed by atoms with Crippen molar-refractivity contribution < 1.29 is 9.59 Å². The molecule has 0 aliphatic carbocycles. The van der Waals surface area contributed by atoms with Gasteiger partial charge in [0.15, 0.2) is 0 Å². The molecule has 0 saturated heterocycles. The van der Waals surface area contributed by atoms with Crippen LogP contribution in [0.25, 0.3) is 10.6 Å². The molecule has 0 radical (unpaired) electrons. The highest BCUT2D eigenvalue weighted by atomic mass is 32.1. The molecule has 2 amide bonds. The zero-order valence-corrected chi connectivity index (χ0v) is 16.1. The van der Waals surface area contributed by atoms with Gasteiger partial charge in [0.25, 0.3) is 5.91 Å². The second-order valence-electron chi connectivity index (χ2n) is 6.15. The van der Waals surface area contributed by atoms with E-state index in [1.807, 2.05) is 36.4 Å². The van der Waals surface area contributed by atoms with Gasteiger partial charge < -0.3 is 10.6 Å². The number of rotatable bonds is 6. The molecule has 27 heavy (non-hydrogen) atoms. The Labute approximate surface area is 162 Å². The predicted molar refractivity (Wildman–Crippen MR) is 109 cm³/mol. The molecular weight excluding hydrogens is 358 g/mol. The van der Waals surface area contributed by atoms with E-state index < -0.39 is 0 Å². The van der Waals surface area contributed by atoms with E-state index in [4.69, 9.17) is 0 Å². The smallest absolute Gasteiger partial charge is 0.271 e. The van der Waals surface area contributed by atoms with Crippen LogP contribution in [0.5, 0.6) is 0 Å². The van der Waals surface area contributed by atoms with Gasteiger partial charge in [0.05, 0.1) is 0 Å². The van der Waals surface area contributed by atoms with Crippen LogP contribution in [0.2, 0.25) is 0 Å². The first-order valence-corrected chi connectivity index (χ1v) is 9.62. The van der Waals surface area contributed by atoms with Crippen molar-refractivity contribution >= 4 is 28.8 Å². The Kier molecular flexibility index (Phi) is 5.98. The molecule has 3 rings (SSSR count). The van der Waals surface area contributed by atoms with Crippen LogP contribution in [-0.2, 0) is 17.8 Å². The van der Waals surface area contributed by atoms with Gasteiger partial charge in [-0.3, -0.25) is 9.59 Å². The number of carbonyl (C=O) groups excluding carboxylic acids is 2. The summed E-state index contributed by atoms with van der Waals surface area (Å²) >= 11 is 1.46. The first-order chi connectivity index (χ1) is 13.0. The molecule has 3 aromatic rings. The average Bonchev–Trinajstić information content (AvgIpc) is 3.17. The van der Waals surface area contributed by atoms with Crippen LogP contribution in [0.3, 0.4) is 0 Å². The number of hydrogen-bond acceptors (Lipinski definition) is 4. The van der Waals surface area contributed by atoms with E-state index in [1.54, 1.807) is 5.38 Å². The fraction of sp³-hybridized carbons (Fsp3) is 0.190. The summed E-state index contributed by atoms with van der Waals surface area (Å²) in [7, 11) is 0. The lowest BCUT2D eigenvalue weighted by molar-refractivity contribution is -0.114. The van der Waals surface area contributed by atoms with E-state index in [1.165, 1.54) is 23.8 Å². The number of hydrogen-bond donors (Lipinski definition) is 2. The summed E-state index contributed by atoms with van der Waals surface area (Å²) < 4.78 is 0. The Morgan fingerprint density at radius 3 is 2.30 bits per heavy atom. The van der Waals surface area contributed by atoms with Gasteiger partial charge in [0.1, 0.15) is 10.7 Å². The van der Waals surface area contributed by atoms with E-state index >= 15 is 0 Å². The maximum Gasteiger partial charge on any atom is 0.271 e. The molecule has 0 spiro atoms. The molecule has 1 heterocycles. The van der Waals surface area contributed by atoms with E-state index in [0.717, 1.165) is 28.2 Å².